The summed E-state index contributed by atoms with van der Waals surface area (Å²) in [6, 6.07) is 18.1. The summed E-state index contributed by atoms with van der Waals surface area (Å²) >= 11 is 0. The summed E-state index contributed by atoms with van der Waals surface area (Å²) < 4.78 is 29.1. The van der Waals surface area contributed by atoms with Crippen molar-refractivity contribution >= 4 is 0 Å². The van der Waals surface area contributed by atoms with Gasteiger partial charge in [-0.15, -0.1) is 0 Å². The van der Waals surface area contributed by atoms with Gasteiger partial charge >= 0.3 is 0 Å². The molecular weight excluding hydrogens is 326 g/mol. The van der Waals surface area contributed by atoms with Crippen LogP contribution in [0, 0.1) is 11.6 Å². The first kappa shape index (κ1) is 18.3. The second kappa shape index (κ2) is 8.27. The van der Waals surface area contributed by atoms with Crippen molar-refractivity contribution in [1.82, 2.24) is 0 Å². The second-order valence-electron chi connectivity index (χ2n) is 6.71. The minimum atomic E-state index is -0.331. The molecular formula is C24H24F2. The third-order valence-electron chi connectivity index (χ3n) is 4.66. The molecule has 0 fully saturated rings. The Morgan fingerprint density at radius 3 is 1.69 bits per heavy atom. The van der Waals surface area contributed by atoms with Gasteiger partial charge in [-0.2, -0.15) is 0 Å². The molecule has 0 aliphatic heterocycles. The molecule has 0 N–H and O–H groups in total. The molecule has 0 aromatic heterocycles. The van der Waals surface area contributed by atoms with E-state index in [4.69, 9.17) is 0 Å². The van der Waals surface area contributed by atoms with E-state index in [1.165, 1.54) is 11.6 Å². The van der Waals surface area contributed by atoms with Crippen LogP contribution in [-0.2, 0) is 12.8 Å². The molecule has 0 amide bonds. The average molecular weight is 350 g/mol. The maximum Gasteiger partial charge on any atom is 0.131 e. The quantitative estimate of drug-likeness (QED) is 0.441. The van der Waals surface area contributed by atoms with Gasteiger partial charge in [-0.3, -0.25) is 0 Å². The Hall–Kier alpha value is -2.48. The van der Waals surface area contributed by atoms with E-state index < -0.39 is 0 Å². The van der Waals surface area contributed by atoms with Gasteiger partial charge in [-0.05, 0) is 47.2 Å². The van der Waals surface area contributed by atoms with Crippen LogP contribution in [0.3, 0.4) is 0 Å². The van der Waals surface area contributed by atoms with Crippen molar-refractivity contribution in [3.05, 3.63) is 83.4 Å². The highest BCUT2D eigenvalue weighted by atomic mass is 19.1. The van der Waals surface area contributed by atoms with Crippen molar-refractivity contribution in [3.8, 4) is 22.3 Å². The van der Waals surface area contributed by atoms with Crippen molar-refractivity contribution in [2.75, 3.05) is 0 Å². The van der Waals surface area contributed by atoms with Crippen molar-refractivity contribution in [2.24, 2.45) is 0 Å². The molecule has 3 rings (SSSR count). The van der Waals surface area contributed by atoms with Crippen LogP contribution in [0.25, 0.3) is 22.3 Å². The Labute approximate surface area is 154 Å². The molecule has 0 saturated carbocycles. The Morgan fingerprint density at radius 2 is 1.08 bits per heavy atom. The summed E-state index contributed by atoms with van der Waals surface area (Å²) in [5.74, 6) is -0.630. The predicted molar refractivity (Wildman–Crippen MR) is 105 cm³/mol. The lowest BCUT2D eigenvalue weighted by molar-refractivity contribution is 0.625. The minimum absolute atomic E-state index is 0.299. The number of benzene rings is 3. The Morgan fingerprint density at radius 1 is 0.577 bits per heavy atom. The van der Waals surface area contributed by atoms with E-state index in [0.29, 0.717) is 16.7 Å². The number of hydrogen-bond donors (Lipinski definition) is 0. The van der Waals surface area contributed by atoms with E-state index in [-0.39, 0.29) is 11.6 Å². The minimum Gasteiger partial charge on any atom is -0.206 e. The zero-order valence-electron chi connectivity index (χ0n) is 15.4. The fourth-order valence-electron chi connectivity index (χ4n) is 3.29. The molecule has 0 saturated heterocycles. The summed E-state index contributed by atoms with van der Waals surface area (Å²) in [4.78, 5) is 0. The Kier molecular flexibility index (Phi) is 5.82. The molecule has 26 heavy (non-hydrogen) atoms. The average Bonchev–Trinajstić information content (AvgIpc) is 2.63. The van der Waals surface area contributed by atoms with Crippen LogP contribution in [0.2, 0.25) is 0 Å². The van der Waals surface area contributed by atoms with Gasteiger partial charge < -0.3 is 0 Å². The van der Waals surface area contributed by atoms with E-state index in [9.17, 15) is 8.78 Å². The van der Waals surface area contributed by atoms with Crippen LogP contribution in [0.5, 0.6) is 0 Å². The molecule has 134 valence electrons. The van der Waals surface area contributed by atoms with Gasteiger partial charge in [0, 0.05) is 11.1 Å². The van der Waals surface area contributed by atoms with Crippen LogP contribution in [0.15, 0.2) is 60.7 Å². The van der Waals surface area contributed by atoms with E-state index in [2.05, 4.69) is 13.8 Å². The maximum absolute atomic E-state index is 14.7. The van der Waals surface area contributed by atoms with Gasteiger partial charge in [0.15, 0.2) is 0 Å². The van der Waals surface area contributed by atoms with E-state index in [0.717, 1.165) is 36.8 Å². The van der Waals surface area contributed by atoms with Crippen LogP contribution >= 0.6 is 0 Å². The molecule has 0 radical (unpaired) electrons. The lowest BCUT2D eigenvalue weighted by atomic mass is 9.97. The first-order valence-electron chi connectivity index (χ1n) is 9.30. The van der Waals surface area contributed by atoms with Crippen LogP contribution in [0.4, 0.5) is 8.78 Å². The van der Waals surface area contributed by atoms with Crippen molar-refractivity contribution in [3.63, 3.8) is 0 Å². The molecule has 0 atom stereocenters. The summed E-state index contributed by atoms with van der Waals surface area (Å²) in [6.07, 6.45) is 3.93. The maximum atomic E-state index is 14.7. The van der Waals surface area contributed by atoms with Crippen molar-refractivity contribution in [2.45, 2.75) is 39.5 Å². The fraction of sp³-hybridized carbons (Fsp3) is 0.250. The smallest absolute Gasteiger partial charge is 0.131 e. The molecule has 0 spiro atoms. The molecule has 0 aliphatic carbocycles. The van der Waals surface area contributed by atoms with Crippen LogP contribution < -0.4 is 0 Å². The zero-order chi connectivity index (χ0) is 18.5. The van der Waals surface area contributed by atoms with Gasteiger partial charge in [0.2, 0.25) is 0 Å². The molecule has 3 aromatic carbocycles. The van der Waals surface area contributed by atoms with Crippen LogP contribution in [-0.4, -0.2) is 0 Å². The molecule has 2 heteroatoms. The monoisotopic (exact) mass is 350 g/mol. The van der Waals surface area contributed by atoms with Gasteiger partial charge in [0.05, 0.1) is 0 Å². The molecule has 0 unspecified atom stereocenters. The Bertz CT molecular complexity index is 879. The molecule has 0 aliphatic rings. The predicted octanol–water partition coefficient (Wildman–Crippen LogP) is 7.20. The number of halogens is 2. The second-order valence-corrected chi connectivity index (χ2v) is 6.71. The van der Waals surface area contributed by atoms with Crippen molar-refractivity contribution in [1.29, 1.82) is 0 Å². The van der Waals surface area contributed by atoms with E-state index in [1.807, 2.05) is 30.3 Å². The first-order chi connectivity index (χ1) is 12.6. The number of rotatable bonds is 6. The van der Waals surface area contributed by atoms with E-state index >= 15 is 0 Å². The number of hydrogen-bond acceptors (Lipinski definition) is 0. The highest BCUT2D eigenvalue weighted by molar-refractivity contribution is 5.71. The lowest BCUT2D eigenvalue weighted by Gasteiger charge is -2.10. The standard InChI is InChI=1S/C24H24F2/c1-3-5-17-7-10-19(11-8-17)21-14-12-20(16-24(21)26)22-13-9-18(6-4-2)15-23(22)25/h7-16H,3-6H2,1-2H3. The molecule has 3 aromatic rings. The molecule has 0 heterocycles. The highest BCUT2D eigenvalue weighted by Crippen LogP contribution is 2.30. The topological polar surface area (TPSA) is 0 Å². The summed E-state index contributed by atoms with van der Waals surface area (Å²) in [5.41, 5.74) is 4.61. The largest absolute Gasteiger partial charge is 0.206 e. The van der Waals surface area contributed by atoms with Gasteiger partial charge in [-0.25, -0.2) is 8.78 Å². The third kappa shape index (κ3) is 4.01. The van der Waals surface area contributed by atoms with Gasteiger partial charge in [-0.1, -0.05) is 75.2 Å². The Balaban J connectivity index is 1.90. The summed E-state index contributed by atoms with van der Waals surface area (Å²) in [5, 5.41) is 0. The van der Waals surface area contributed by atoms with E-state index in [1.54, 1.807) is 24.3 Å². The highest BCUT2D eigenvalue weighted by Gasteiger charge is 2.11. The lowest BCUT2D eigenvalue weighted by Crippen LogP contribution is -1.92. The zero-order valence-corrected chi connectivity index (χ0v) is 15.4. The normalized spacial score (nSPS) is 10.9. The SMILES string of the molecule is CCCc1ccc(-c2ccc(-c3ccc(CCC)cc3F)cc2F)cc1. The number of aryl methyl sites for hydroxylation is 2. The van der Waals surface area contributed by atoms with Gasteiger partial charge in [0.1, 0.15) is 11.6 Å². The molecule has 0 nitrogen and oxygen atoms in total. The fourth-order valence-corrected chi connectivity index (χ4v) is 3.29. The van der Waals surface area contributed by atoms with Gasteiger partial charge in [0.25, 0.3) is 0 Å². The van der Waals surface area contributed by atoms with Crippen LogP contribution in [0.1, 0.15) is 37.8 Å². The molecule has 0 bridgehead atoms. The summed E-state index contributed by atoms with van der Waals surface area (Å²) in [7, 11) is 0. The first-order valence-corrected chi connectivity index (χ1v) is 9.30. The third-order valence-corrected chi connectivity index (χ3v) is 4.66. The summed E-state index contributed by atoms with van der Waals surface area (Å²) in [6.45, 7) is 4.20. The van der Waals surface area contributed by atoms with Crippen molar-refractivity contribution < 1.29 is 8.78 Å².